The maximum Gasteiger partial charge on any atom is 0.203 e. The molecule has 0 saturated carbocycles. The molecular formula is C17H12Cl3N3OS. The van der Waals surface area contributed by atoms with Crippen molar-refractivity contribution < 1.29 is 4.74 Å². The second-order valence-corrected chi connectivity index (χ2v) is 7.01. The van der Waals surface area contributed by atoms with Crippen LogP contribution in [0.15, 0.2) is 46.9 Å². The summed E-state index contributed by atoms with van der Waals surface area (Å²) in [5.41, 5.74) is 5.36. The van der Waals surface area contributed by atoms with Crippen LogP contribution >= 0.6 is 46.1 Å². The van der Waals surface area contributed by atoms with E-state index in [1.54, 1.807) is 25.5 Å². The molecule has 0 aliphatic rings. The second-order valence-electron chi connectivity index (χ2n) is 4.93. The van der Waals surface area contributed by atoms with E-state index in [-0.39, 0.29) is 0 Å². The van der Waals surface area contributed by atoms with E-state index in [2.05, 4.69) is 15.5 Å². The third-order valence-corrected chi connectivity index (χ3v) is 5.06. The first-order chi connectivity index (χ1) is 12.1. The third-order valence-electron chi connectivity index (χ3n) is 3.27. The fraction of sp³-hybridized carbons (Fsp3) is 0.0588. The summed E-state index contributed by atoms with van der Waals surface area (Å²) in [4.78, 5) is 4.49. The standard InChI is InChI=1S/C17H12Cl3N3OS/c1-24-13-4-2-10(3-5-13)15-9-25-17(22-15)23-21-8-11-6-12(18)7-14(19)16(11)20/h2-9H,1H3,(H,22,23)/b21-8+. The van der Waals surface area contributed by atoms with Crippen molar-refractivity contribution in [1.82, 2.24) is 4.98 Å². The van der Waals surface area contributed by atoms with Crippen LogP contribution in [0, 0.1) is 0 Å². The molecule has 0 spiro atoms. The van der Waals surface area contributed by atoms with Gasteiger partial charge in [0.2, 0.25) is 5.13 Å². The van der Waals surface area contributed by atoms with Crippen LogP contribution in [0.4, 0.5) is 5.13 Å². The Morgan fingerprint density at radius 2 is 1.92 bits per heavy atom. The number of nitrogens with one attached hydrogen (secondary N) is 1. The number of methoxy groups -OCH3 is 1. The fourth-order valence-electron chi connectivity index (χ4n) is 2.05. The molecule has 0 aliphatic carbocycles. The highest BCUT2D eigenvalue weighted by Crippen LogP contribution is 2.29. The van der Waals surface area contributed by atoms with Gasteiger partial charge in [-0.1, -0.05) is 34.8 Å². The van der Waals surface area contributed by atoms with E-state index < -0.39 is 0 Å². The summed E-state index contributed by atoms with van der Waals surface area (Å²) in [6, 6.07) is 11.0. The van der Waals surface area contributed by atoms with E-state index in [1.807, 2.05) is 29.6 Å². The molecule has 0 unspecified atom stereocenters. The lowest BCUT2D eigenvalue weighted by atomic mass is 10.2. The molecule has 0 fully saturated rings. The van der Waals surface area contributed by atoms with Crippen LogP contribution in [-0.4, -0.2) is 18.3 Å². The molecule has 2 aromatic carbocycles. The number of ether oxygens (including phenoxy) is 1. The molecule has 128 valence electrons. The Hall–Kier alpha value is -1.79. The minimum Gasteiger partial charge on any atom is -0.497 e. The molecule has 1 heterocycles. The van der Waals surface area contributed by atoms with Gasteiger partial charge in [-0.3, -0.25) is 5.43 Å². The third kappa shape index (κ3) is 4.44. The molecule has 1 N–H and O–H groups in total. The number of hydrogen-bond donors (Lipinski definition) is 1. The van der Waals surface area contributed by atoms with Crippen molar-refractivity contribution in [3.05, 3.63) is 62.4 Å². The Morgan fingerprint density at radius 3 is 2.64 bits per heavy atom. The monoisotopic (exact) mass is 411 g/mol. The summed E-state index contributed by atoms with van der Waals surface area (Å²) in [5.74, 6) is 0.805. The molecule has 3 rings (SSSR count). The van der Waals surface area contributed by atoms with Crippen LogP contribution < -0.4 is 10.2 Å². The summed E-state index contributed by atoms with van der Waals surface area (Å²) in [7, 11) is 1.64. The van der Waals surface area contributed by atoms with Gasteiger partial charge in [-0.05, 0) is 36.4 Å². The van der Waals surface area contributed by atoms with E-state index in [9.17, 15) is 0 Å². The Balaban J connectivity index is 1.71. The van der Waals surface area contributed by atoms with Gasteiger partial charge in [0.1, 0.15) is 5.75 Å². The van der Waals surface area contributed by atoms with Gasteiger partial charge in [0.25, 0.3) is 0 Å². The molecule has 4 nitrogen and oxygen atoms in total. The number of nitrogens with zero attached hydrogens (tertiary/aromatic N) is 2. The smallest absolute Gasteiger partial charge is 0.203 e. The topological polar surface area (TPSA) is 46.5 Å². The number of thiazole rings is 1. The average Bonchev–Trinajstić information content (AvgIpc) is 3.08. The molecule has 0 amide bonds. The zero-order valence-corrected chi connectivity index (χ0v) is 16.0. The number of anilines is 1. The SMILES string of the molecule is COc1ccc(-c2csc(N/N=C/c3cc(Cl)cc(Cl)c3Cl)n2)cc1. The summed E-state index contributed by atoms with van der Waals surface area (Å²) in [6.45, 7) is 0. The van der Waals surface area contributed by atoms with Gasteiger partial charge in [0.05, 0.1) is 29.1 Å². The predicted octanol–water partition coefficient (Wildman–Crippen LogP) is 6.22. The van der Waals surface area contributed by atoms with Crippen LogP contribution in [0.3, 0.4) is 0 Å². The van der Waals surface area contributed by atoms with E-state index in [0.717, 1.165) is 17.0 Å². The lowest BCUT2D eigenvalue weighted by Crippen LogP contribution is -1.91. The first-order valence-corrected chi connectivity index (χ1v) is 9.12. The number of aromatic nitrogens is 1. The van der Waals surface area contributed by atoms with Gasteiger partial charge in [0.15, 0.2) is 0 Å². The Morgan fingerprint density at radius 1 is 1.16 bits per heavy atom. The normalized spacial score (nSPS) is 11.0. The second kappa shape index (κ2) is 8.06. The van der Waals surface area contributed by atoms with Crippen LogP contribution in [0.1, 0.15) is 5.56 Å². The van der Waals surface area contributed by atoms with Crippen molar-refractivity contribution in [3.8, 4) is 17.0 Å². The Labute approximate surface area is 164 Å². The molecule has 0 atom stereocenters. The van der Waals surface area contributed by atoms with Crippen molar-refractivity contribution in [3.63, 3.8) is 0 Å². The molecule has 0 aliphatic heterocycles. The molecule has 0 bridgehead atoms. The molecule has 3 aromatic rings. The van der Waals surface area contributed by atoms with Gasteiger partial charge >= 0.3 is 0 Å². The zero-order chi connectivity index (χ0) is 17.8. The van der Waals surface area contributed by atoms with Crippen LogP contribution in [0.25, 0.3) is 11.3 Å². The average molecular weight is 413 g/mol. The summed E-state index contributed by atoms with van der Waals surface area (Å²) < 4.78 is 5.15. The minimum absolute atomic E-state index is 0.381. The maximum atomic E-state index is 6.12. The zero-order valence-electron chi connectivity index (χ0n) is 13.0. The van der Waals surface area contributed by atoms with Gasteiger partial charge in [0, 0.05) is 21.5 Å². The Kier molecular flexibility index (Phi) is 5.81. The van der Waals surface area contributed by atoms with Gasteiger partial charge in [-0.25, -0.2) is 4.98 Å². The van der Waals surface area contributed by atoms with E-state index in [4.69, 9.17) is 39.5 Å². The molecule has 0 radical (unpaired) electrons. The van der Waals surface area contributed by atoms with Gasteiger partial charge < -0.3 is 4.74 Å². The lowest BCUT2D eigenvalue weighted by Gasteiger charge is -2.02. The lowest BCUT2D eigenvalue weighted by molar-refractivity contribution is 0.415. The van der Waals surface area contributed by atoms with Crippen molar-refractivity contribution in [2.24, 2.45) is 5.10 Å². The number of hydrogen-bond acceptors (Lipinski definition) is 5. The largest absolute Gasteiger partial charge is 0.497 e. The minimum atomic E-state index is 0.381. The summed E-state index contributed by atoms with van der Waals surface area (Å²) in [5, 5.41) is 8.02. The molecular weight excluding hydrogens is 401 g/mol. The predicted molar refractivity (Wildman–Crippen MR) is 107 cm³/mol. The van der Waals surface area contributed by atoms with Crippen LogP contribution in [0.2, 0.25) is 15.1 Å². The quantitative estimate of drug-likeness (QED) is 0.307. The number of benzene rings is 2. The highest BCUT2D eigenvalue weighted by atomic mass is 35.5. The first kappa shape index (κ1) is 18.0. The van der Waals surface area contributed by atoms with E-state index >= 15 is 0 Å². The maximum absolute atomic E-state index is 6.12. The van der Waals surface area contributed by atoms with Crippen molar-refractivity contribution in [2.45, 2.75) is 0 Å². The number of halogens is 3. The van der Waals surface area contributed by atoms with Crippen molar-refractivity contribution in [1.29, 1.82) is 0 Å². The van der Waals surface area contributed by atoms with Crippen LogP contribution in [0.5, 0.6) is 5.75 Å². The fourth-order valence-corrected chi connectivity index (χ4v) is 3.38. The van der Waals surface area contributed by atoms with Gasteiger partial charge in [-0.15, -0.1) is 11.3 Å². The van der Waals surface area contributed by atoms with Gasteiger partial charge in [-0.2, -0.15) is 5.10 Å². The highest BCUT2D eigenvalue weighted by molar-refractivity contribution is 7.14. The molecule has 1 aromatic heterocycles. The molecule has 25 heavy (non-hydrogen) atoms. The number of rotatable bonds is 5. The highest BCUT2D eigenvalue weighted by Gasteiger charge is 2.06. The Bertz CT molecular complexity index is 910. The van der Waals surface area contributed by atoms with Crippen molar-refractivity contribution in [2.75, 3.05) is 12.5 Å². The molecule has 8 heteroatoms. The molecule has 0 saturated heterocycles. The number of hydrazone groups is 1. The summed E-state index contributed by atoms with van der Waals surface area (Å²) in [6.07, 6.45) is 1.55. The first-order valence-electron chi connectivity index (χ1n) is 7.10. The van der Waals surface area contributed by atoms with Crippen LogP contribution in [-0.2, 0) is 0 Å². The van der Waals surface area contributed by atoms with Crippen molar-refractivity contribution >= 4 is 57.5 Å². The van der Waals surface area contributed by atoms with E-state index in [1.165, 1.54) is 11.3 Å². The summed E-state index contributed by atoms with van der Waals surface area (Å²) >= 11 is 19.5. The van der Waals surface area contributed by atoms with E-state index in [0.29, 0.717) is 25.8 Å².